The predicted octanol–water partition coefficient (Wildman–Crippen LogP) is 3.41. The van der Waals surface area contributed by atoms with Crippen molar-refractivity contribution < 1.29 is 8.78 Å². The first-order valence-corrected chi connectivity index (χ1v) is 4.04. The standard InChI is InChI=1S/C10H9F2N/c1-6-2-3-7-5-9(10(11)12)13-8(7)4-6/h2-5,10,13H,1H3. The predicted molar refractivity (Wildman–Crippen MR) is 48.0 cm³/mol. The van der Waals surface area contributed by atoms with E-state index in [2.05, 4.69) is 4.98 Å². The van der Waals surface area contributed by atoms with Crippen molar-refractivity contribution in [3.05, 3.63) is 35.5 Å². The van der Waals surface area contributed by atoms with Gasteiger partial charge >= 0.3 is 0 Å². The monoisotopic (exact) mass is 181 g/mol. The van der Waals surface area contributed by atoms with E-state index in [1.165, 1.54) is 6.07 Å². The number of hydrogen-bond donors (Lipinski definition) is 1. The van der Waals surface area contributed by atoms with Crippen molar-refractivity contribution in [1.82, 2.24) is 4.98 Å². The van der Waals surface area contributed by atoms with Gasteiger partial charge in [-0.05, 0) is 30.0 Å². The minimum atomic E-state index is -2.42. The number of aryl methyl sites for hydroxylation is 1. The van der Waals surface area contributed by atoms with Crippen molar-refractivity contribution in [2.24, 2.45) is 0 Å². The molecule has 0 unspecified atom stereocenters. The fourth-order valence-electron chi connectivity index (χ4n) is 1.38. The summed E-state index contributed by atoms with van der Waals surface area (Å²) in [6, 6.07) is 7.10. The number of aromatic nitrogens is 1. The molecule has 0 aliphatic heterocycles. The van der Waals surface area contributed by atoms with E-state index in [1.807, 2.05) is 25.1 Å². The Kier molecular flexibility index (Phi) is 1.79. The van der Waals surface area contributed by atoms with E-state index in [-0.39, 0.29) is 5.69 Å². The minimum absolute atomic E-state index is 0.0133. The van der Waals surface area contributed by atoms with E-state index in [0.717, 1.165) is 16.5 Å². The summed E-state index contributed by atoms with van der Waals surface area (Å²) in [6.45, 7) is 1.93. The number of H-pyrrole nitrogens is 1. The van der Waals surface area contributed by atoms with Crippen LogP contribution in [0.4, 0.5) is 8.78 Å². The van der Waals surface area contributed by atoms with Crippen LogP contribution in [0.1, 0.15) is 17.7 Å². The summed E-state index contributed by atoms with van der Waals surface area (Å²) in [6.07, 6.45) is -2.42. The molecule has 68 valence electrons. The number of halogens is 2. The van der Waals surface area contributed by atoms with Crippen LogP contribution in [0.25, 0.3) is 10.9 Å². The molecule has 0 saturated carbocycles. The fraction of sp³-hybridized carbons (Fsp3) is 0.200. The Morgan fingerprint density at radius 3 is 2.69 bits per heavy atom. The largest absolute Gasteiger partial charge is 0.354 e. The lowest BCUT2D eigenvalue weighted by Gasteiger charge is -1.91. The Labute approximate surface area is 74.4 Å². The summed E-state index contributed by atoms with van der Waals surface area (Å²) < 4.78 is 24.5. The van der Waals surface area contributed by atoms with Crippen molar-refractivity contribution >= 4 is 10.9 Å². The molecule has 0 spiro atoms. The Hall–Kier alpha value is -1.38. The average Bonchev–Trinajstić information content (AvgIpc) is 2.46. The normalized spacial score (nSPS) is 11.4. The Bertz CT molecular complexity index is 431. The van der Waals surface area contributed by atoms with E-state index in [9.17, 15) is 8.78 Å². The fourth-order valence-corrected chi connectivity index (χ4v) is 1.38. The van der Waals surface area contributed by atoms with Crippen molar-refractivity contribution in [1.29, 1.82) is 0 Å². The third-order valence-electron chi connectivity index (χ3n) is 2.03. The highest BCUT2D eigenvalue weighted by Gasteiger charge is 2.09. The van der Waals surface area contributed by atoms with Gasteiger partial charge in [-0.1, -0.05) is 12.1 Å². The number of hydrogen-bond acceptors (Lipinski definition) is 0. The number of rotatable bonds is 1. The quantitative estimate of drug-likeness (QED) is 0.693. The number of nitrogens with one attached hydrogen (secondary N) is 1. The van der Waals surface area contributed by atoms with Gasteiger partial charge in [0.1, 0.15) is 0 Å². The second kappa shape index (κ2) is 2.83. The van der Waals surface area contributed by atoms with Gasteiger partial charge in [0.15, 0.2) is 0 Å². The van der Waals surface area contributed by atoms with Gasteiger partial charge in [0.05, 0.1) is 5.69 Å². The maximum atomic E-state index is 12.3. The number of aromatic amines is 1. The first-order chi connectivity index (χ1) is 6.16. The molecule has 1 N–H and O–H groups in total. The van der Waals surface area contributed by atoms with Crippen LogP contribution >= 0.6 is 0 Å². The molecule has 0 radical (unpaired) electrons. The topological polar surface area (TPSA) is 15.8 Å². The van der Waals surface area contributed by atoms with Gasteiger partial charge in [-0.15, -0.1) is 0 Å². The molecule has 0 atom stereocenters. The van der Waals surface area contributed by atoms with E-state index >= 15 is 0 Å². The first-order valence-electron chi connectivity index (χ1n) is 4.04. The summed E-state index contributed by atoms with van der Waals surface area (Å²) in [5.41, 5.74) is 1.83. The maximum Gasteiger partial charge on any atom is 0.278 e. The molecule has 0 aliphatic rings. The average molecular weight is 181 g/mol. The molecule has 2 aromatic rings. The third kappa shape index (κ3) is 1.41. The highest BCUT2D eigenvalue weighted by atomic mass is 19.3. The third-order valence-corrected chi connectivity index (χ3v) is 2.03. The molecule has 1 heterocycles. The van der Waals surface area contributed by atoms with Gasteiger partial charge in [-0.2, -0.15) is 0 Å². The van der Waals surface area contributed by atoms with Gasteiger partial charge in [0, 0.05) is 5.52 Å². The molecule has 0 bridgehead atoms. The Morgan fingerprint density at radius 2 is 2.00 bits per heavy atom. The molecule has 0 amide bonds. The Balaban J connectivity index is 2.62. The molecule has 0 fully saturated rings. The highest BCUT2D eigenvalue weighted by molar-refractivity contribution is 5.81. The van der Waals surface area contributed by atoms with E-state index in [1.54, 1.807) is 0 Å². The van der Waals surface area contributed by atoms with Crippen molar-refractivity contribution in [3.8, 4) is 0 Å². The molecular formula is C10H9F2N. The summed E-state index contributed by atoms with van der Waals surface area (Å²) in [5.74, 6) is 0. The summed E-state index contributed by atoms with van der Waals surface area (Å²) in [5, 5.41) is 0.834. The maximum absolute atomic E-state index is 12.3. The SMILES string of the molecule is Cc1ccc2cc(C(F)F)[nH]c2c1. The van der Waals surface area contributed by atoms with Crippen LogP contribution in [-0.4, -0.2) is 4.98 Å². The number of alkyl halides is 2. The zero-order valence-electron chi connectivity index (χ0n) is 7.14. The zero-order chi connectivity index (χ0) is 9.42. The lowest BCUT2D eigenvalue weighted by atomic mass is 10.2. The molecular weight excluding hydrogens is 172 g/mol. The van der Waals surface area contributed by atoms with E-state index < -0.39 is 6.43 Å². The number of fused-ring (bicyclic) bond motifs is 1. The van der Waals surface area contributed by atoms with Crippen LogP contribution in [0.2, 0.25) is 0 Å². The van der Waals surface area contributed by atoms with Gasteiger partial charge in [-0.25, -0.2) is 8.78 Å². The lowest BCUT2D eigenvalue weighted by Crippen LogP contribution is -1.80. The van der Waals surface area contributed by atoms with Crippen LogP contribution in [0.3, 0.4) is 0 Å². The molecule has 0 aliphatic carbocycles. The van der Waals surface area contributed by atoms with E-state index in [0.29, 0.717) is 0 Å². The van der Waals surface area contributed by atoms with Gasteiger partial charge in [0.25, 0.3) is 6.43 Å². The van der Waals surface area contributed by atoms with Crippen LogP contribution in [0.15, 0.2) is 24.3 Å². The molecule has 2 rings (SSSR count). The van der Waals surface area contributed by atoms with Crippen LogP contribution in [-0.2, 0) is 0 Å². The van der Waals surface area contributed by atoms with Crippen molar-refractivity contribution in [2.75, 3.05) is 0 Å². The summed E-state index contributed by atoms with van der Waals surface area (Å²) in [4.78, 5) is 2.69. The summed E-state index contributed by atoms with van der Waals surface area (Å²) >= 11 is 0. The van der Waals surface area contributed by atoms with Crippen LogP contribution < -0.4 is 0 Å². The second-order valence-corrected chi connectivity index (χ2v) is 3.12. The zero-order valence-corrected chi connectivity index (χ0v) is 7.14. The smallest absolute Gasteiger partial charge is 0.278 e. The molecule has 1 aromatic heterocycles. The number of benzene rings is 1. The van der Waals surface area contributed by atoms with Crippen LogP contribution in [0.5, 0.6) is 0 Å². The van der Waals surface area contributed by atoms with Gasteiger partial charge < -0.3 is 4.98 Å². The first kappa shape index (κ1) is 8.23. The second-order valence-electron chi connectivity index (χ2n) is 3.12. The molecule has 3 heteroatoms. The lowest BCUT2D eigenvalue weighted by molar-refractivity contribution is 0.147. The molecule has 1 nitrogen and oxygen atoms in total. The molecule has 0 saturated heterocycles. The van der Waals surface area contributed by atoms with Gasteiger partial charge in [0.2, 0.25) is 0 Å². The molecule has 13 heavy (non-hydrogen) atoms. The van der Waals surface area contributed by atoms with Crippen molar-refractivity contribution in [3.63, 3.8) is 0 Å². The molecule has 1 aromatic carbocycles. The van der Waals surface area contributed by atoms with E-state index in [4.69, 9.17) is 0 Å². The Morgan fingerprint density at radius 1 is 1.23 bits per heavy atom. The highest BCUT2D eigenvalue weighted by Crippen LogP contribution is 2.23. The van der Waals surface area contributed by atoms with Crippen molar-refractivity contribution in [2.45, 2.75) is 13.3 Å². The summed E-state index contributed by atoms with van der Waals surface area (Å²) in [7, 11) is 0. The minimum Gasteiger partial charge on any atom is -0.354 e. The van der Waals surface area contributed by atoms with Crippen LogP contribution in [0, 0.1) is 6.92 Å². The van der Waals surface area contributed by atoms with Gasteiger partial charge in [-0.3, -0.25) is 0 Å².